The van der Waals surface area contributed by atoms with Crippen molar-refractivity contribution in [1.82, 2.24) is 5.16 Å². The minimum Gasteiger partial charge on any atom is -0.493 e. The van der Waals surface area contributed by atoms with Gasteiger partial charge in [-0.05, 0) is 35.4 Å². The van der Waals surface area contributed by atoms with E-state index < -0.39 is 0 Å². The van der Waals surface area contributed by atoms with Crippen LogP contribution in [0, 0.1) is 0 Å². The topological polar surface area (TPSA) is 73.6 Å². The Morgan fingerprint density at radius 1 is 1.12 bits per heavy atom. The van der Waals surface area contributed by atoms with Crippen LogP contribution in [0.25, 0.3) is 11.1 Å². The van der Waals surface area contributed by atoms with Crippen molar-refractivity contribution < 1.29 is 18.8 Å². The van der Waals surface area contributed by atoms with Gasteiger partial charge >= 0.3 is 0 Å². The van der Waals surface area contributed by atoms with Crippen molar-refractivity contribution in [2.75, 3.05) is 19.5 Å². The molecule has 0 fully saturated rings. The largest absolute Gasteiger partial charge is 0.493 e. The molecule has 0 atom stereocenters. The van der Waals surface area contributed by atoms with E-state index in [9.17, 15) is 4.79 Å². The van der Waals surface area contributed by atoms with Crippen molar-refractivity contribution in [2.45, 2.75) is 6.42 Å². The molecule has 0 aliphatic heterocycles. The highest BCUT2D eigenvalue weighted by Gasteiger charge is 2.16. The summed E-state index contributed by atoms with van der Waals surface area (Å²) in [6, 6.07) is 12.5. The maximum Gasteiger partial charge on any atom is 0.239 e. The number of hydrogen-bond donors (Lipinski definition) is 1. The van der Waals surface area contributed by atoms with Crippen LogP contribution in [0.5, 0.6) is 11.5 Å². The van der Waals surface area contributed by atoms with E-state index in [1.54, 1.807) is 56.8 Å². The predicted octanol–water partition coefficient (Wildman–Crippen LogP) is 4.19. The van der Waals surface area contributed by atoms with Crippen LogP contribution in [0.4, 0.5) is 5.88 Å². The van der Waals surface area contributed by atoms with E-state index in [2.05, 4.69) is 10.5 Å². The quantitative estimate of drug-likeness (QED) is 0.702. The van der Waals surface area contributed by atoms with Gasteiger partial charge in [0.25, 0.3) is 0 Å². The van der Waals surface area contributed by atoms with Gasteiger partial charge in [-0.3, -0.25) is 10.1 Å². The summed E-state index contributed by atoms with van der Waals surface area (Å²) in [4.78, 5) is 12.3. The molecule has 0 unspecified atom stereocenters. The van der Waals surface area contributed by atoms with Crippen LogP contribution in [0.3, 0.4) is 0 Å². The monoisotopic (exact) mass is 372 g/mol. The van der Waals surface area contributed by atoms with E-state index in [1.807, 2.05) is 6.07 Å². The molecule has 7 heteroatoms. The number of ether oxygens (including phenoxy) is 2. The summed E-state index contributed by atoms with van der Waals surface area (Å²) >= 11 is 5.86. The molecule has 0 bridgehead atoms. The number of benzene rings is 2. The summed E-state index contributed by atoms with van der Waals surface area (Å²) in [5.74, 6) is 1.24. The highest BCUT2D eigenvalue weighted by molar-refractivity contribution is 6.30. The van der Waals surface area contributed by atoms with Gasteiger partial charge in [-0.2, -0.15) is 0 Å². The van der Waals surface area contributed by atoms with Crippen LogP contribution >= 0.6 is 11.6 Å². The minimum absolute atomic E-state index is 0.198. The van der Waals surface area contributed by atoms with Crippen molar-refractivity contribution in [2.24, 2.45) is 0 Å². The van der Waals surface area contributed by atoms with Crippen LogP contribution in [0.2, 0.25) is 5.02 Å². The average molecular weight is 373 g/mol. The van der Waals surface area contributed by atoms with Gasteiger partial charge in [0.1, 0.15) is 0 Å². The fourth-order valence-electron chi connectivity index (χ4n) is 2.50. The van der Waals surface area contributed by atoms with Crippen molar-refractivity contribution in [3.63, 3.8) is 0 Å². The Kier molecular flexibility index (Phi) is 5.43. The van der Waals surface area contributed by atoms with Gasteiger partial charge in [-0.1, -0.05) is 35.0 Å². The third-order valence-corrected chi connectivity index (χ3v) is 4.05. The van der Waals surface area contributed by atoms with E-state index in [4.69, 9.17) is 25.6 Å². The fourth-order valence-corrected chi connectivity index (χ4v) is 2.62. The molecule has 1 N–H and O–H groups in total. The number of carbonyl (C=O) groups is 1. The molecule has 0 spiro atoms. The number of nitrogens with zero attached hydrogens (tertiary/aromatic N) is 1. The van der Waals surface area contributed by atoms with Crippen molar-refractivity contribution >= 4 is 23.4 Å². The lowest BCUT2D eigenvalue weighted by atomic mass is 10.1. The summed E-state index contributed by atoms with van der Waals surface area (Å²) in [6.45, 7) is 0. The number of halogens is 1. The molecule has 1 amide bonds. The lowest BCUT2D eigenvalue weighted by Gasteiger charge is -2.09. The first kappa shape index (κ1) is 17.8. The number of aromatic nitrogens is 1. The van der Waals surface area contributed by atoms with Crippen LogP contribution in [-0.4, -0.2) is 25.3 Å². The molecule has 6 nitrogen and oxygen atoms in total. The zero-order valence-corrected chi connectivity index (χ0v) is 15.0. The number of amides is 1. The third-order valence-electron chi connectivity index (χ3n) is 3.80. The number of hydrogen-bond acceptors (Lipinski definition) is 5. The Labute approximate surface area is 155 Å². The molecular formula is C19H17ClN2O4. The highest BCUT2D eigenvalue weighted by atomic mass is 35.5. The number of anilines is 1. The zero-order valence-electron chi connectivity index (χ0n) is 14.3. The van der Waals surface area contributed by atoms with Crippen molar-refractivity contribution in [1.29, 1.82) is 0 Å². The zero-order chi connectivity index (χ0) is 18.5. The lowest BCUT2D eigenvalue weighted by molar-refractivity contribution is -0.115. The number of nitrogens with one attached hydrogen (secondary N) is 1. The standard InChI is InChI=1S/C19H17ClN2O4/c1-24-16-8-5-13(10-17(16)25-2)15-11-21-26-19(15)22-18(23)9-12-3-6-14(20)7-4-12/h3-8,10-11H,9H2,1-2H3,(H,22,23). The molecule has 1 heterocycles. The van der Waals surface area contributed by atoms with Crippen molar-refractivity contribution in [3.05, 3.63) is 59.2 Å². The first-order valence-electron chi connectivity index (χ1n) is 7.82. The van der Waals surface area contributed by atoms with Crippen LogP contribution < -0.4 is 14.8 Å². The molecule has 0 aliphatic rings. The lowest BCUT2D eigenvalue weighted by Crippen LogP contribution is -2.14. The Balaban J connectivity index is 1.78. The van der Waals surface area contributed by atoms with Gasteiger partial charge in [0.2, 0.25) is 11.8 Å². The summed E-state index contributed by atoms with van der Waals surface area (Å²) in [5.41, 5.74) is 2.28. The second-order valence-corrected chi connectivity index (χ2v) is 5.93. The van der Waals surface area contributed by atoms with Gasteiger partial charge in [0, 0.05) is 5.02 Å². The molecule has 0 aliphatic carbocycles. The van der Waals surface area contributed by atoms with Gasteiger partial charge in [-0.25, -0.2) is 0 Å². The van der Waals surface area contributed by atoms with E-state index in [0.717, 1.165) is 11.1 Å². The molecule has 2 aromatic carbocycles. The summed E-state index contributed by atoms with van der Waals surface area (Å²) < 4.78 is 15.7. The molecule has 0 saturated carbocycles. The molecule has 3 aromatic rings. The van der Waals surface area contributed by atoms with Crippen LogP contribution in [0.15, 0.2) is 53.2 Å². The Hall–Kier alpha value is -2.99. The SMILES string of the molecule is COc1ccc(-c2cnoc2NC(=O)Cc2ccc(Cl)cc2)cc1OC. The smallest absolute Gasteiger partial charge is 0.239 e. The average Bonchev–Trinajstić information content (AvgIpc) is 3.11. The molecule has 0 saturated heterocycles. The highest BCUT2D eigenvalue weighted by Crippen LogP contribution is 2.35. The summed E-state index contributed by atoms with van der Waals surface area (Å²) in [7, 11) is 3.13. The van der Waals surface area contributed by atoms with Gasteiger partial charge < -0.3 is 14.0 Å². The normalized spacial score (nSPS) is 10.4. The Bertz CT molecular complexity index is 906. The molecule has 26 heavy (non-hydrogen) atoms. The van der Waals surface area contributed by atoms with E-state index in [-0.39, 0.29) is 18.2 Å². The summed E-state index contributed by atoms with van der Waals surface area (Å²) in [6.07, 6.45) is 1.74. The molecular weight excluding hydrogens is 356 g/mol. The third kappa shape index (κ3) is 3.97. The first-order valence-corrected chi connectivity index (χ1v) is 8.20. The maximum absolute atomic E-state index is 12.3. The van der Waals surface area contributed by atoms with Crippen LogP contribution in [-0.2, 0) is 11.2 Å². The number of methoxy groups -OCH3 is 2. The molecule has 0 radical (unpaired) electrons. The fraction of sp³-hybridized carbons (Fsp3) is 0.158. The van der Waals surface area contributed by atoms with E-state index in [1.165, 1.54) is 0 Å². The van der Waals surface area contributed by atoms with Crippen molar-refractivity contribution in [3.8, 4) is 22.6 Å². The van der Waals surface area contributed by atoms with Gasteiger partial charge in [0.15, 0.2) is 11.5 Å². The number of rotatable bonds is 6. The number of carbonyl (C=O) groups excluding carboxylic acids is 1. The predicted molar refractivity (Wildman–Crippen MR) is 98.8 cm³/mol. The second-order valence-electron chi connectivity index (χ2n) is 5.49. The van der Waals surface area contributed by atoms with Gasteiger partial charge in [-0.15, -0.1) is 0 Å². The minimum atomic E-state index is -0.217. The molecule has 3 rings (SSSR count). The Morgan fingerprint density at radius 3 is 2.54 bits per heavy atom. The van der Waals surface area contributed by atoms with E-state index in [0.29, 0.717) is 22.1 Å². The van der Waals surface area contributed by atoms with E-state index >= 15 is 0 Å². The van der Waals surface area contributed by atoms with Gasteiger partial charge in [0.05, 0.1) is 32.4 Å². The maximum atomic E-state index is 12.3. The van der Waals surface area contributed by atoms with Crippen LogP contribution in [0.1, 0.15) is 5.56 Å². The molecule has 134 valence electrons. The molecule has 1 aromatic heterocycles. The summed E-state index contributed by atoms with van der Waals surface area (Å²) in [5, 5.41) is 7.16. The Morgan fingerprint density at radius 2 is 1.85 bits per heavy atom. The first-order chi connectivity index (χ1) is 12.6. The second kappa shape index (κ2) is 7.93.